The first-order valence-electron chi connectivity index (χ1n) is 9.05. The number of fused-ring (bicyclic) bond motifs is 1. The van der Waals surface area contributed by atoms with Gasteiger partial charge < -0.3 is 19.6 Å². The van der Waals surface area contributed by atoms with Crippen LogP contribution >= 0.6 is 0 Å². The molecule has 29 heavy (non-hydrogen) atoms. The van der Waals surface area contributed by atoms with E-state index in [0.29, 0.717) is 23.9 Å². The molecule has 4 rings (SSSR count). The number of benzene rings is 2. The lowest BCUT2D eigenvalue weighted by Gasteiger charge is -2.25. The van der Waals surface area contributed by atoms with Gasteiger partial charge in [-0.25, -0.2) is 4.79 Å². The lowest BCUT2D eigenvalue weighted by atomic mass is 9.84. The Bertz CT molecular complexity index is 1170. The second kappa shape index (κ2) is 7.56. The zero-order valence-corrected chi connectivity index (χ0v) is 15.7. The number of ether oxygens (including phenoxy) is 2. The van der Waals surface area contributed by atoms with E-state index in [1.807, 2.05) is 42.5 Å². The summed E-state index contributed by atoms with van der Waals surface area (Å²) in [7, 11) is 0. The van der Waals surface area contributed by atoms with Crippen molar-refractivity contribution in [3.05, 3.63) is 105 Å². The standard InChI is InChI=1S/C23H18N2O4/c1-14-11-19-21(23(26)28-14)20(18(12-24)22(25)29-19)16-7-9-17(10-8-16)27-13-15-5-3-2-4-6-15/h2-11,20H,13,25H2,1H3/t20-/m0/s1. The predicted octanol–water partition coefficient (Wildman–Crippen LogP) is 3.75. The molecule has 0 saturated carbocycles. The predicted molar refractivity (Wildman–Crippen MR) is 106 cm³/mol. The van der Waals surface area contributed by atoms with Gasteiger partial charge in [0.05, 0.1) is 11.5 Å². The van der Waals surface area contributed by atoms with E-state index in [2.05, 4.69) is 6.07 Å². The number of hydrogen-bond acceptors (Lipinski definition) is 6. The van der Waals surface area contributed by atoms with Crippen molar-refractivity contribution in [3.63, 3.8) is 0 Å². The molecule has 0 aliphatic carbocycles. The quantitative estimate of drug-likeness (QED) is 0.733. The maximum absolute atomic E-state index is 12.5. The van der Waals surface area contributed by atoms with Gasteiger partial charge in [0, 0.05) is 6.07 Å². The average molecular weight is 386 g/mol. The summed E-state index contributed by atoms with van der Waals surface area (Å²) in [5.41, 5.74) is 7.62. The molecule has 6 nitrogen and oxygen atoms in total. The van der Waals surface area contributed by atoms with Crippen molar-refractivity contribution in [1.82, 2.24) is 0 Å². The van der Waals surface area contributed by atoms with Gasteiger partial charge in [0.1, 0.15) is 35.5 Å². The molecule has 2 aromatic carbocycles. The molecule has 0 bridgehead atoms. The second-order valence-corrected chi connectivity index (χ2v) is 6.69. The van der Waals surface area contributed by atoms with E-state index in [1.165, 1.54) is 0 Å². The Labute approximate surface area is 167 Å². The van der Waals surface area contributed by atoms with Gasteiger partial charge >= 0.3 is 5.63 Å². The number of allylic oxidation sites excluding steroid dienone is 1. The Morgan fingerprint density at radius 3 is 2.55 bits per heavy atom. The molecule has 0 fully saturated rings. The molecule has 0 saturated heterocycles. The molecule has 0 unspecified atom stereocenters. The summed E-state index contributed by atoms with van der Waals surface area (Å²) in [6.45, 7) is 2.10. The van der Waals surface area contributed by atoms with Crippen molar-refractivity contribution in [3.8, 4) is 17.6 Å². The second-order valence-electron chi connectivity index (χ2n) is 6.69. The minimum atomic E-state index is -0.663. The molecule has 2 N–H and O–H groups in total. The smallest absolute Gasteiger partial charge is 0.343 e. The van der Waals surface area contributed by atoms with E-state index in [-0.39, 0.29) is 17.0 Å². The lowest BCUT2D eigenvalue weighted by Crippen LogP contribution is -2.26. The summed E-state index contributed by atoms with van der Waals surface area (Å²) in [6.07, 6.45) is 0. The third-order valence-corrected chi connectivity index (χ3v) is 4.72. The third kappa shape index (κ3) is 3.58. The summed E-state index contributed by atoms with van der Waals surface area (Å²) in [5, 5.41) is 9.60. The Morgan fingerprint density at radius 2 is 1.86 bits per heavy atom. The van der Waals surface area contributed by atoms with Crippen LogP contribution in [0.2, 0.25) is 0 Å². The SMILES string of the molecule is Cc1cc2c(c(=O)o1)[C@@H](c1ccc(OCc3ccccc3)cc1)C(C#N)=C(N)O2. The molecule has 1 aliphatic rings. The molecular formula is C23H18N2O4. The van der Waals surface area contributed by atoms with Crippen LogP contribution in [-0.4, -0.2) is 0 Å². The zero-order chi connectivity index (χ0) is 20.4. The van der Waals surface area contributed by atoms with Crippen LogP contribution < -0.4 is 20.8 Å². The monoisotopic (exact) mass is 386 g/mol. The van der Waals surface area contributed by atoms with Crippen LogP contribution in [0.5, 0.6) is 11.5 Å². The van der Waals surface area contributed by atoms with E-state index >= 15 is 0 Å². The van der Waals surface area contributed by atoms with Gasteiger partial charge in [-0.2, -0.15) is 5.26 Å². The summed E-state index contributed by atoms with van der Waals surface area (Å²) in [6, 6.07) is 20.7. The summed E-state index contributed by atoms with van der Waals surface area (Å²) in [4.78, 5) is 12.5. The first kappa shape index (κ1) is 18.4. The highest BCUT2D eigenvalue weighted by atomic mass is 16.5. The van der Waals surface area contributed by atoms with Crippen molar-refractivity contribution >= 4 is 0 Å². The molecule has 0 radical (unpaired) electrons. The van der Waals surface area contributed by atoms with E-state index in [1.54, 1.807) is 25.1 Å². The molecule has 1 aliphatic heterocycles. The van der Waals surface area contributed by atoms with Crippen LogP contribution in [0.1, 0.15) is 28.4 Å². The summed E-state index contributed by atoms with van der Waals surface area (Å²) < 4.78 is 16.6. The number of nitrogens with two attached hydrogens (primary N) is 1. The fourth-order valence-corrected chi connectivity index (χ4v) is 3.35. The lowest BCUT2D eigenvalue weighted by molar-refractivity contribution is 0.306. The minimum Gasteiger partial charge on any atom is -0.489 e. The number of hydrogen-bond donors (Lipinski definition) is 1. The summed E-state index contributed by atoms with van der Waals surface area (Å²) >= 11 is 0. The normalized spacial score (nSPS) is 15.2. The van der Waals surface area contributed by atoms with Gasteiger partial charge in [-0.1, -0.05) is 42.5 Å². The highest BCUT2D eigenvalue weighted by Gasteiger charge is 2.34. The van der Waals surface area contributed by atoms with E-state index in [9.17, 15) is 10.1 Å². The van der Waals surface area contributed by atoms with Crippen LogP contribution in [0.15, 0.2) is 81.3 Å². The van der Waals surface area contributed by atoms with Crippen molar-refractivity contribution in [2.75, 3.05) is 0 Å². The number of rotatable bonds is 4. The van der Waals surface area contributed by atoms with Crippen molar-refractivity contribution in [2.24, 2.45) is 5.73 Å². The maximum Gasteiger partial charge on any atom is 0.343 e. The molecule has 6 heteroatoms. The maximum atomic E-state index is 12.5. The Morgan fingerprint density at radius 1 is 1.14 bits per heavy atom. The molecule has 1 aromatic heterocycles. The molecule has 0 amide bonds. The zero-order valence-electron chi connectivity index (χ0n) is 15.7. The fourth-order valence-electron chi connectivity index (χ4n) is 3.35. The number of nitriles is 1. The minimum absolute atomic E-state index is 0.0144. The molecule has 0 spiro atoms. The van der Waals surface area contributed by atoms with Crippen LogP contribution in [0, 0.1) is 18.3 Å². The molecular weight excluding hydrogens is 368 g/mol. The van der Waals surface area contributed by atoms with E-state index < -0.39 is 11.5 Å². The van der Waals surface area contributed by atoms with Crippen LogP contribution in [0.25, 0.3) is 0 Å². The van der Waals surface area contributed by atoms with Crippen molar-refractivity contribution in [2.45, 2.75) is 19.4 Å². The molecule has 2 heterocycles. The Kier molecular flexibility index (Phi) is 4.80. The molecule has 1 atom stereocenters. The third-order valence-electron chi connectivity index (χ3n) is 4.72. The van der Waals surface area contributed by atoms with Gasteiger partial charge in [-0.3, -0.25) is 0 Å². The summed E-state index contributed by atoms with van der Waals surface area (Å²) in [5.74, 6) is 0.717. The van der Waals surface area contributed by atoms with Gasteiger partial charge in [-0.15, -0.1) is 0 Å². The van der Waals surface area contributed by atoms with Gasteiger partial charge in [0.25, 0.3) is 0 Å². The molecule has 3 aromatic rings. The molecule has 144 valence electrons. The van der Waals surface area contributed by atoms with Crippen molar-refractivity contribution in [1.29, 1.82) is 5.26 Å². The Hall–Kier alpha value is -3.98. The first-order chi connectivity index (χ1) is 14.1. The average Bonchev–Trinajstić information content (AvgIpc) is 2.72. The van der Waals surface area contributed by atoms with Gasteiger partial charge in [0.2, 0.25) is 5.88 Å². The van der Waals surface area contributed by atoms with Crippen molar-refractivity contribution < 1.29 is 13.9 Å². The Balaban J connectivity index is 1.67. The van der Waals surface area contributed by atoms with Crippen LogP contribution in [0.3, 0.4) is 0 Å². The largest absolute Gasteiger partial charge is 0.489 e. The number of nitrogens with zero attached hydrogens (tertiary/aromatic N) is 1. The van der Waals surface area contributed by atoms with Gasteiger partial charge in [-0.05, 0) is 30.2 Å². The highest BCUT2D eigenvalue weighted by Crippen LogP contribution is 2.40. The van der Waals surface area contributed by atoms with E-state index in [0.717, 1.165) is 11.1 Å². The fraction of sp³-hybridized carbons (Fsp3) is 0.130. The van der Waals surface area contributed by atoms with Crippen LogP contribution in [0.4, 0.5) is 0 Å². The topological polar surface area (TPSA) is 98.5 Å². The van der Waals surface area contributed by atoms with Crippen LogP contribution in [-0.2, 0) is 6.61 Å². The highest BCUT2D eigenvalue weighted by molar-refractivity contribution is 5.55. The first-order valence-corrected chi connectivity index (χ1v) is 9.05. The van der Waals surface area contributed by atoms with Gasteiger partial charge in [0.15, 0.2) is 0 Å². The number of aryl methyl sites for hydroxylation is 1. The van der Waals surface area contributed by atoms with E-state index in [4.69, 9.17) is 19.6 Å².